The molecule has 6 nitrogen and oxygen atoms in total. The molecule has 8 heteroatoms. The van der Waals surface area contributed by atoms with Crippen molar-refractivity contribution in [2.24, 2.45) is 7.05 Å². The quantitative estimate of drug-likeness (QED) is 0.773. The van der Waals surface area contributed by atoms with Crippen molar-refractivity contribution < 1.29 is 8.78 Å². The molecular weight excluding hydrogens is 302 g/mol. The van der Waals surface area contributed by atoms with Crippen LogP contribution in [0.5, 0.6) is 0 Å². The summed E-state index contributed by atoms with van der Waals surface area (Å²) in [7, 11) is 1.75. The molecule has 2 heterocycles. The third-order valence-electron chi connectivity index (χ3n) is 3.67. The number of hydrogen-bond acceptors (Lipinski definition) is 5. The Balaban J connectivity index is 1.97. The average Bonchev–Trinajstić information content (AvgIpc) is 2.87. The van der Waals surface area contributed by atoms with Gasteiger partial charge < -0.3 is 11.1 Å². The lowest BCUT2D eigenvalue weighted by Crippen LogP contribution is -2.14. The lowest BCUT2D eigenvalue weighted by molar-refractivity contribution is 0.558. The van der Waals surface area contributed by atoms with Crippen molar-refractivity contribution in [3.8, 4) is 0 Å². The second-order valence-corrected chi connectivity index (χ2v) is 5.21. The van der Waals surface area contributed by atoms with Crippen LogP contribution < -0.4 is 11.1 Å². The molecule has 0 aliphatic heterocycles. The Bertz CT molecular complexity index is 861. The summed E-state index contributed by atoms with van der Waals surface area (Å²) in [6.07, 6.45) is 2.15. The third-order valence-corrected chi connectivity index (χ3v) is 3.67. The molecule has 1 aromatic carbocycles. The van der Waals surface area contributed by atoms with Crippen LogP contribution in [-0.2, 0) is 7.05 Å². The minimum atomic E-state index is -0.613. The number of aromatic nitrogens is 4. The molecule has 0 spiro atoms. The van der Waals surface area contributed by atoms with Gasteiger partial charge in [-0.2, -0.15) is 15.1 Å². The molecule has 0 bridgehead atoms. The lowest BCUT2D eigenvalue weighted by atomic mass is 10.0. The van der Waals surface area contributed by atoms with E-state index in [0.717, 1.165) is 6.07 Å². The van der Waals surface area contributed by atoms with Gasteiger partial charge in [0.1, 0.15) is 17.5 Å². The fourth-order valence-electron chi connectivity index (χ4n) is 2.45. The van der Waals surface area contributed by atoms with Crippen molar-refractivity contribution in [1.29, 1.82) is 0 Å². The van der Waals surface area contributed by atoms with Crippen molar-refractivity contribution in [3.05, 3.63) is 41.6 Å². The minimum Gasteiger partial charge on any atom is -0.383 e. The van der Waals surface area contributed by atoms with Crippen LogP contribution in [0.25, 0.3) is 11.0 Å². The maximum absolute atomic E-state index is 14.0. The van der Waals surface area contributed by atoms with E-state index in [1.54, 1.807) is 17.9 Å². The molecule has 1 atom stereocenters. The van der Waals surface area contributed by atoms with Gasteiger partial charge in [-0.25, -0.2) is 8.78 Å². The molecule has 0 unspecified atom stereocenters. The van der Waals surface area contributed by atoms with E-state index >= 15 is 0 Å². The van der Waals surface area contributed by atoms with Gasteiger partial charge in [0.15, 0.2) is 5.65 Å². The van der Waals surface area contributed by atoms with E-state index in [1.807, 2.05) is 6.92 Å². The molecule has 0 aliphatic rings. The van der Waals surface area contributed by atoms with E-state index in [-0.39, 0.29) is 5.95 Å². The number of benzene rings is 1. The first kappa shape index (κ1) is 15.1. The van der Waals surface area contributed by atoms with Crippen molar-refractivity contribution in [1.82, 2.24) is 19.7 Å². The summed E-state index contributed by atoms with van der Waals surface area (Å²) >= 11 is 0. The lowest BCUT2D eigenvalue weighted by Gasteiger charge is -2.18. The molecular formula is C15H16F2N6. The second kappa shape index (κ2) is 5.79. The van der Waals surface area contributed by atoms with Gasteiger partial charge >= 0.3 is 0 Å². The van der Waals surface area contributed by atoms with Gasteiger partial charge in [-0.15, -0.1) is 0 Å². The first-order valence-corrected chi connectivity index (χ1v) is 7.16. The summed E-state index contributed by atoms with van der Waals surface area (Å²) in [6, 6.07) is 3.10. The normalized spacial score (nSPS) is 12.5. The van der Waals surface area contributed by atoms with E-state index in [0.29, 0.717) is 28.8 Å². The van der Waals surface area contributed by atoms with Crippen LogP contribution in [0.4, 0.5) is 20.5 Å². The number of hydrogen-bond donors (Lipinski definition) is 2. The van der Waals surface area contributed by atoms with Crippen LogP contribution in [0.3, 0.4) is 0 Å². The number of halogens is 2. The molecule has 0 saturated carbocycles. The van der Waals surface area contributed by atoms with Crippen LogP contribution in [0, 0.1) is 11.6 Å². The Morgan fingerprint density at radius 1 is 1.30 bits per heavy atom. The second-order valence-electron chi connectivity index (χ2n) is 5.21. The Kier molecular flexibility index (Phi) is 3.81. The number of nitrogens with two attached hydrogens (primary N) is 1. The van der Waals surface area contributed by atoms with Crippen molar-refractivity contribution >= 4 is 22.8 Å². The molecule has 0 fully saturated rings. The number of nitrogens with zero attached hydrogens (tertiary/aromatic N) is 4. The van der Waals surface area contributed by atoms with E-state index in [9.17, 15) is 8.78 Å². The van der Waals surface area contributed by atoms with Gasteiger partial charge in [0.05, 0.1) is 17.6 Å². The summed E-state index contributed by atoms with van der Waals surface area (Å²) in [5.41, 5.74) is 6.83. The number of nitrogen functional groups attached to an aromatic ring is 1. The predicted octanol–water partition coefficient (Wildman–Crippen LogP) is 2.79. The van der Waals surface area contributed by atoms with Gasteiger partial charge in [-0.1, -0.05) is 13.0 Å². The number of fused-ring (bicyclic) bond motifs is 1. The largest absolute Gasteiger partial charge is 0.383 e. The standard InChI is InChI=1S/C15H16F2N6/c1-3-12(9-5-4-8(16)6-11(9)17)20-15-21-13(18)10-7-19-23(2)14(10)22-15/h4-7,12H,3H2,1-2H3,(H3,18,20,21,22)/t12-/m0/s1. The molecule has 120 valence electrons. The highest BCUT2D eigenvalue weighted by Crippen LogP contribution is 2.26. The third kappa shape index (κ3) is 2.79. The smallest absolute Gasteiger partial charge is 0.227 e. The molecule has 0 saturated heterocycles. The minimum absolute atomic E-state index is 0.272. The summed E-state index contributed by atoms with van der Waals surface area (Å²) in [5, 5.41) is 7.79. The molecule has 0 amide bonds. The van der Waals surface area contributed by atoms with E-state index < -0.39 is 17.7 Å². The number of anilines is 2. The highest BCUT2D eigenvalue weighted by Gasteiger charge is 2.17. The van der Waals surface area contributed by atoms with E-state index in [2.05, 4.69) is 20.4 Å². The van der Waals surface area contributed by atoms with Gasteiger partial charge in [-0.3, -0.25) is 4.68 Å². The zero-order chi connectivity index (χ0) is 16.6. The zero-order valence-corrected chi connectivity index (χ0v) is 12.7. The maximum atomic E-state index is 14.0. The summed E-state index contributed by atoms with van der Waals surface area (Å²) in [6.45, 7) is 1.88. The van der Waals surface area contributed by atoms with E-state index in [4.69, 9.17) is 5.73 Å². The molecule has 2 aromatic heterocycles. The number of nitrogens with one attached hydrogen (secondary N) is 1. The zero-order valence-electron chi connectivity index (χ0n) is 12.7. The van der Waals surface area contributed by atoms with Crippen molar-refractivity contribution in [2.45, 2.75) is 19.4 Å². The van der Waals surface area contributed by atoms with Gasteiger partial charge in [0, 0.05) is 18.7 Å². The number of aryl methyl sites for hydroxylation is 1. The molecule has 0 aliphatic carbocycles. The van der Waals surface area contributed by atoms with Crippen LogP contribution in [0.15, 0.2) is 24.4 Å². The Hall–Kier alpha value is -2.77. The Morgan fingerprint density at radius 2 is 2.09 bits per heavy atom. The highest BCUT2D eigenvalue weighted by molar-refractivity contribution is 5.86. The maximum Gasteiger partial charge on any atom is 0.227 e. The van der Waals surface area contributed by atoms with Crippen LogP contribution in [0.2, 0.25) is 0 Å². The average molecular weight is 318 g/mol. The number of rotatable bonds is 4. The molecule has 0 radical (unpaired) electrons. The SMILES string of the molecule is CC[C@H](Nc1nc(N)c2cnn(C)c2n1)c1ccc(F)cc1F. The van der Waals surface area contributed by atoms with Gasteiger partial charge in [-0.05, 0) is 12.5 Å². The summed E-state index contributed by atoms with van der Waals surface area (Å²) in [4.78, 5) is 8.54. The van der Waals surface area contributed by atoms with Crippen molar-refractivity contribution in [3.63, 3.8) is 0 Å². The van der Waals surface area contributed by atoms with Crippen LogP contribution in [-0.4, -0.2) is 19.7 Å². The predicted molar refractivity (Wildman–Crippen MR) is 83.7 cm³/mol. The molecule has 3 N–H and O–H groups in total. The highest BCUT2D eigenvalue weighted by atomic mass is 19.1. The fraction of sp³-hybridized carbons (Fsp3) is 0.267. The first-order valence-electron chi connectivity index (χ1n) is 7.16. The molecule has 23 heavy (non-hydrogen) atoms. The van der Waals surface area contributed by atoms with Gasteiger partial charge in [0.25, 0.3) is 0 Å². The van der Waals surface area contributed by atoms with E-state index in [1.165, 1.54) is 12.1 Å². The topological polar surface area (TPSA) is 81.6 Å². The summed E-state index contributed by atoms with van der Waals surface area (Å²) < 4.78 is 28.6. The first-order chi connectivity index (χ1) is 11.0. The van der Waals surface area contributed by atoms with Crippen LogP contribution >= 0.6 is 0 Å². The Morgan fingerprint density at radius 3 is 2.78 bits per heavy atom. The van der Waals surface area contributed by atoms with Crippen molar-refractivity contribution in [2.75, 3.05) is 11.1 Å². The molecule has 3 aromatic rings. The summed E-state index contributed by atoms with van der Waals surface area (Å²) in [5.74, 6) is -0.661. The molecule has 3 rings (SSSR count). The van der Waals surface area contributed by atoms with Gasteiger partial charge in [0.2, 0.25) is 5.95 Å². The fourth-order valence-corrected chi connectivity index (χ4v) is 2.45. The monoisotopic (exact) mass is 318 g/mol. The van der Waals surface area contributed by atoms with Crippen LogP contribution in [0.1, 0.15) is 24.9 Å². The Labute approximate surface area is 131 Å².